The van der Waals surface area contributed by atoms with E-state index in [0.29, 0.717) is 18.7 Å². The first-order valence-electron chi connectivity index (χ1n) is 10.2. The number of benzene rings is 2. The molecule has 152 valence electrons. The minimum absolute atomic E-state index is 0.0576. The molecular formula is C22H27N5O2. The molecule has 1 fully saturated rings. The quantitative estimate of drug-likeness (QED) is 0.602. The third-order valence-electron chi connectivity index (χ3n) is 5.44. The zero-order valence-electron chi connectivity index (χ0n) is 16.5. The molecule has 1 aromatic heterocycles. The second-order valence-electron chi connectivity index (χ2n) is 7.63. The van der Waals surface area contributed by atoms with Gasteiger partial charge < -0.3 is 10.4 Å². The van der Waals surface area contributed by atoms with Gasteiger partial charge in [0.05, 0.1) is 12.2 Å². The number of rotatable bonds is 7. The first kappa shape index (κ1) is 19.5. The van der Waals surface area contributed by atoms with E-state index in [0.717, 1.165) is 32.5 Å². The van der Waals surface area contributed by atoms with E-state index in [2.05, 4.69) is 63.0 Å². The Hall–Kier alpha value is -2.77. The van der Waals surface area contributed by atoms with Crippen LogP contribution in [-0.2, 0) is 6.54 Å². The van der Waals surface area contributed by atoms with Gasteiger partial charge in [-0.05, 0) is 48.2 Å². The first-order valence-corrected chi connectivity index (χ1v) is 10.2. The SMILES string of the molecule is O=C(NCCCO)c1cn([C@H]2CCCN(Cc3ccc4ccccc4c3)C2)nn1. The number of aromatic nitrogens is 3. The van der Waals surface area contributed by atoms with E-state index in [9.17, 15) is 4.79 Å². The fourth-order valence-corrected chi connectivity index (χ4v) is 3.92. The maximum atomic E-state index is 12.1. The van der Waals surface area contributed by atoms with Crippen molar-refractivity contribution in [3.63, 3.8) is 0 Å². The summed E-state index contributed by atoms with van der Waals surface area (Å²) in [5.41, 5.74) is 1.64. The molecule has 0 unspecified atom stereocenters. The third-order valence-corrected chi connectivity index (χ3v) is 5.44. The Labute approximate surface area is 170 Å². The second kappa shape index (κ2) is 9.15. The molecule has 0 radical (unpaired) electrons. The lowest BCUT2D eigenvalue weighted by atomic mass is 10.0. The van der Waals surface area contributed by atoms with Gasteiger partial charge in [-0.1, -0.05) is 41.6 Å². The van der Waals surface area contributed by atoms with Crippen molar-refractivity contribution in [2.75, 3.05) is 26.2 Å². The summed E-state index contributed by atoms with van der Waals surface area (Å²) in [5.74, 6) is -0.242. The van der Waals surface area contributed by atoms with E-state index in [1.165, 1.54) is 16.3 Å². The van der Waals surface area contributed by atoms with Crippen LogP contribution in [0.2, 0.25) is 0 Å². The van der Waals surface area contributed by atoms with Crippen molar-refractivity contribution in [3.05, 3.63) is 59.9 Å². The Morgan fingerprint density at radius 3 is 2.93 bits per heavy atom. The highest BCUT2D eigenvalue weighted by Gasteiger charge is 2.23. The summed E-state index contributed by atoms with van der Waals surface area (Å²) in [5, 5.41) is 22.3. The molecule has 1 aliphatic rings. The summed E-state index contributed by atoms with van der Waals surface area (Å²) in [6.07, 6.45) is 4.39. The van der Waals surface area contributed by atoms with Gasteiger partial charge in [-0.2, -0.15) is 0 Å². The van der Waals surface area contributed by atoms with Crippen LogP contribution in [0.15, 0.2) is 48.7 Å². The van der Waals surface area contributed by atoms with Crippen LogP contribution >= 0.6 is 0 Å². The van der Waals surface area contributed by atoms with Crippen LogP contribution in [0.4, 0.5) is 0 Å². The third kappa shape index (κ3) is 4.81. The minimum Gasteiger partial charge on any atom is -0.396 e. The van der Waals surface area contributed by atoms with Crippen LogP contribution < -0.4 is 5.32 Å². The zero-order valence-corrected chi connectivity index (χ0v) is 16.5. The molecule has 2 heterocycles. The van der Waals surface area contributed by atoms with E-state index in [1.54, 1.807) is 6.20 Å². The maximum Gasteiger partial charge on any atom is 0.273 e. The van der Waals surface area contributed by atoms with E-state index in [4.69, 9.17) is 5.11 Å². The lowest BCUT2D eigenvalue weighted by molar-refractivity contribution is 0.0946. The summed E-state index contributed by atoms with van der Waals surface area (Å²) in [6, 6.07) is 15.3. The predicted octanol–water partition coefficient (Wildman–Crippen LogP) is 2.38. The number of hydrogen-bond donors (Lipinski definition) is 2. The van der Waals surface area contributed by atoms with Gasteiger partial charge >= 0.3 is 0 Å². The number of fused-ring (bicyclic) bond motifs is 1. The van der Waals surface area contributed by atoms with Gasteiger partial charge in [-0.25, -0.2) is 4.68 Å². The topological polar surface area (TPSA) is 83.3 Å². The van der Waals surface area contributed by atoms with Gasteiger partial charge in [0.2, 0.25) is 0 Å². The van der Waals surface area contributed by atoms with Gasteiger partial charge in [0.1, 0.15) is 0 Å². The fourth-order valence-electron chi connectivity index (χ4n) is 3.92. The zero-order chi connectivity index (χ0) is 20.1. The largest absolute Gasteiger partial charge is 0.396 e. The van der Waals surface area contributed by atoms with Crippen molar-refractivity contribution in [1.29, 1.82) is 0 Å². The number of amides is 1. The van der Waals surface area contributed by atoms with Crippen molar-refractivity contribution in [2.45, 2.75) is 31.8 Å². The Morgan fingerprint density at radius 2 is 2.07 bits per heavy atom. The predicted molar refractivity (Wildman–Crippen MR) is 112 cm³/mol. The average Bonchev–Trinajstić information content (AvgIpc) is 3.24. The number of hydrogen-bond acceptors (Lipinski definition) is 5. The lowest BCUT2D eigenvalue weighted by Crippen LogP contribution is -2.36. The molecule has 2 aromatic carbocycles. The Bertz CT molecular complexity index is 971. The molecule has 1 amide bonds. The summed E-state index contributed by atoms with van der Waals surface area (Å²) in [6.45, 7) is 3.35. The summed E-state index contributed by atoms with van der Waals surface area (Å²) >= 11 is 0. The van der Waals surface area contributed by atoms with Crippen LogP contribution in [-0.4, -0.2) is 57.1 Å². The number of likely N-dealkylation sites (tertiary alicyclic amines) is 1. The van der Waals surface area contributed by atoms with Gasteiger partial charge in [0.25, 0.3) is 5.91 Å². The van der Waals surface area contributed by atoms with Crippen molar-refractivity contribution < 1.29 is 9.90 Å². The highest BCUT2D eigenvalue weighted by molar-refractivity contribution is 5.91. The van der Waals surface area contributed by atoms with Gasteiger partial charge in [-0.15, -0.1) is 5.10 Å². The average molecular weight is 393 g/mol. The molecule has 0 spiro atoms. The van der Waals surface area contributed by atoms with E-state index < -0.39 is 0 Å². The van der Waals surface area contributed by atoms with Crippen molar-refractivity contribution in [2.24, 2.45) is 0 Å². The fraction of sp³-hybridized carbons (Fsp3) is 0.409. The van der Waals surface area contributed by atoms with Gasteiger partial charge in [0, 0.05) is 26.2 Å². The molecule has 2 N–H and O–H groups in total. The number of nitrogens with one attached hydrogen (secondary N) is 1. The maximum absolute atomic E-state index is 12.1. The molecule has 3 aromatic rings. The van der Waals surface area contributed by atoms with E-state index in [-0.39, 0.29) is 18.6 Å². The normalized spacial score (nSPS) is 17.5. The first-order chi connectivity index (χ1) is 14.2. The molecule has 0 saturated carbocycles. The number of piperidine rings is 1. The summed E-state index contributed by atoms with van der Waals surface area (Å²) in [4.78, 5) is 14.6. The van der Waals surface area contributed by atoms with Crippen LogP contribution in [0.5, 0.6) is 0 Å². The Morgan fingerprint density at radius 1 is 1.21 bits per heavy atom. The molecule has 7 heteroatoms. The molecular weight excluding hydrogens is 366 g/mol. The molecule has 29 heavy (non-hydrogen) atoms. The summed E-state index contributed by atoms with van der Waals surface area (Å²) < 4.78 is 1.83. The number of carbonyl (C=O) groups is 1. The van der Waals surface area contributed by atoms with Crippen molar-refractivity contribution in [1.82, 2.24) is 25.2 Å². The summed E-state index contributed by atoms with van der Waals surface area (Å²) in [7, 11) is 0. The monoisotopic (exact) mass is 393 g/mol. The highest BCUT2D eigenvalue weighted by atomic mass is 16.3. The molecule has 1 saturated heterocycles. The molecule has 4 rings (SSSR count). The standard InChI is InChI=1S/C22H27N5O2/c28-12-4-10-23-22(29)21-16-27(25-24-21)20-7-3-11-26(15-20)14-17-8-9-18-5-1-2-6-19(18)13-17/h1-2,5-6,8-9,13,16,20,28H,3-4,7,10-12,14-15H2,(H,23,29)/t20-/m0/s1. The smallest absolute Gasteiger partial charge is 0.273 e. The number of aliphatic hydroxyl groups excluding tert-OH is 1. The molecule has 7 nitrogen and oxygen atoms in total. The van der Waals surface area contributed by atoms with Crippen LogP contribution in [0.25, 0.3) is 10.8 Å². The van der Waals surface area contributed by atoms with E-state index in [1.807, 2.05) is 4.68 Å². The van der Waals surface area contributed by atoms with Crippen molar-refractivity contribution >= 4 is 16.7 Å². The lowest BCUT2D eigenvalue weighted by Gasteiger charge is -2.32. The van der Waals surface area contributed by atoms with Crippen LogP contribution in [0.3, 0.4) is 0 Å². The molecule has 0 bridgehead atoms. The minimum atomic E-state index is -0.242. The van der Waals surface area contributed by atoms with Crippen molar-refractivity contribution in [3.8, 4) is 0 Å². The number of carbonyl (C=O) groups excluding carboxylic acids is 1. The van der Waals surface area contributed by atoms with Gasteiger partial charge in [-0.3, -0.25) is 9.69 Å². The Kier molecular flexibility index (Phi) is 6.17. The Balaban J connectivity index is 1.38. The van der Waals surface area contributed by atoms with Crippen LogP contribution in [0.1, 0.15) is 41.4 Å². The van der Waals surface area contributed by atoms with E-state index >= 15 is 0 Å². The number of nitrogens with zero attached hydrogens (tertiary/aromatic N) is 4. The molecule has 1 aliphatic heterocycles. The molecule has 0 aliphatic carbocycles. The highest BCUT2D eigenvalue weighted by Crippen LogP contribution is 2.23. The number of aliphatic hydroxyl groups is 1. The van der Waals surface area contributed by atoms with Gasteiger partial charge in [0.15, 0.2) is 5.69 Å². The van der Waals surface area contributed by atoms with Crippen LogP contribution in [0, 0.1) is 0 Å². The second-order valence-corrected chi connectivity index (χ2v) is 7.63. The molecule has 1 atom stereocenters.